The lowest BCUT2D eigenvalue weighted by Gasteiger charge is -2.38. The average molecular weight is 197 g/mol. The molecule has 0 radical (unpaired) electrons. The van der Waals surface area contributed by atoms with Crippen LogP contribution in [0.15, 0.2) is 18.2 Å². The van der Waals surface area contributed by atoms with Crippen molar-refractivity contribution >= 4 is 11.6 Å². The third-order valence-corrected chi connectivity index (χ3v) is 3.36. The van der Waals surface area contributed by atoms with Crippen molar-refractivity contribution in [1.29, 1.82) is 0 Å². The summed E-state index contributed by atoms with van der Waals surface area (Å²) >= 11 is 5.99. The molecular formula is C11H13ClO. The molecule has 1 aromatic carbocycles. The van der Waals surface area contributed by atoms with E-state index in [0.717, 1.165) is 35.4 Å². The van der Waals surface area contributed by atoms with Gasteiger partial charge >= 0.3 is 0 Å². The summed E-state index contributed by atoms with van der Waals surface area (Å²) in [7, 11) is 0. The van der Waals surface area contributed by atoms with Crippen molar-refractivity contribution in [1.82, 2.24) is 0 Å². The van der Waals surface area contributed by atoms with Crippen molar-refractivity contribution in [3.05, 3.63) is 34.3 Å². The summed E-state index contributed by atoms with van der Waals surface area (Å²) in [6, 6.07) is 5.74. The summed E-state index contributed by atoms with van der Waals surface area (Å²) in [6.07, 6.45) is 2.85. The summed E-state index contributed by atoms with van der Waals surface area (Å²) in [6.45, 7) is 1.97. The van der Waals surface area contributed by atoms with Gasteiger partial charge in [-0.15, -0.1) is 0 Å². The zero-order valence-electron chi connectivity index (χ0n) is 7.68. The smallest absolute Gasteiger partial charge is 0.0899 e. The van der Waals surface area contributed by atoms with Crippen LogP contribution in [-0.4, -0.2) is 5.11 Å². The van der Waals surface area contributed by atoms with E-state index in [1.165, 1.54) is 0 Å². The van der Waals surface area contributed by atoms with E-state index in [-0.39, 0.29) is 0 Å². The second kappa shape index (κ2) is 3.00. The first-order chi connectivity index (χ1) is 6.13. The molecule has 0 atom stereocenters. The first-order valence-corrected chi connectivity index (χ1v) is 4.99. The van der Waals surface area contributed by atoms with Crippen molar-refractivity contribution < 1.29 is 5.11 Å². The average Bonchev–Trinajstić information content (AvgIpc) is 2.06. The van der Waals surface area contributed by atoms with Crippen LogP contribution < -0.4 is 0 Å². The fourth-order valence-electron chi connectivity index (χ4n) is 1.89. The van der Waals surface area contributed by atoms with Gasteiger partial charge in [0.05, 0.1) is 5.60 Å². The molecule has 0 amide bonds. The number of rotatable bonds is 1. The number of halogens is 1. The van der Waals surface area contributed by atoms with Gasteiger partial charge in [-0.05, 0) is 43.4 Å². The quantitative estimate of drug-likeness (QED) is 0.732. The Morgan fingerprint density at radius 2 is 2.08 bits per heavy atom. The van der Waals surface area contributed by atoms with E-state index in [2.05, 4.69) is 0 Å². The molecule has 2 rings (SSSR count). The molecule has 0 heterocycles. The third kappa shape index (κ3) is 1.36. The minimum absolute atomic E-state index is 0.588. The predicted molar refractivity (Wildman–Crippen MR) is 53.9 cm³/mol. The highest BCUT2D eigenvalue weighted by Crippen LogP contribution is 2.43. The fraction of sp³-hybridized carbons (Fsp3) is 0.455. The van der Waals surface area contributed by atoms with E-state index in [0.29, 0.717) is 0 Å². The van der Waals surface area contributed by atoms with Crippen molar-refractivity contribution in [2.75, 3.05) is 0 Å². The van der Waals surface area contributed by atoms with Crippen LogP contribution >= 0.6 is 11.6 Å². The van der Waals surface area contributed by atoms with Crippen molar-refractivity contribution in [3.63, 3.8) is 0 Å². The largest absolute Gasteiger partial charge is 0.385 e. The second-order valence-corrected chi connectivity index (χ2v) is 4.20. The lowest BCUT2D eigenvalue weighted by molar-refractivity contribution is -0.0393. The molecule has 1 aromatic rings. The van der Waals surface area contributed by atoms with Crippen LogP contribution in [0.1, 0.15) is 30.4 Å². The molecule has 0 bridgehead atoms. The van der Waals surface area contributed by atoms with Gasteiger partial charge in [0.2, 0.25) is 0 Å². The Morgan fingerprint density at radius 1 is 1.38 bits per heavy atom. The number of aliphatic hydroxyl groups is 1. The number of hydrogen-bond donors (Lipinski definition) is 1. The molecule has 0 aromatic heterocycles. The van der Waals surface area contributed by atoms with Gasteiger partial charge in [0, 0.05) is 5.02 Å². The Hall–Kier alpha value is -0.530. The van der Waals surface area contributed by atoms with Gasteiger partial charge in [-0.3, -0.25) is 0 Å². The van der Waals surface area contributed by atoms with Crippen molar-refractivity contribution in [3.8, 4) is 0 Å². The van der Waals surface area contributed by atoms with Crippen molar-refractivity contribution in [2.24, 2.45) is 0 Å². The van der Waals surface area contributed by atoms with Gasteiger partial charge in [0.25, 0.3) is 0 Å². The summed E-state index contributed by atoms with van der Waals surface area (Å²) in [5, 5.41) is 10.9. The van der Waals surface area contributed by atoms with Crippen LogP contribution in [0.25, 0.3) is 0 Å². The minimum atomic E-state index is -0.588. The summed E-state index contributed by atoms with van der Waals surface area (Å²) in [5.41, 5.74) is 1.44. The summed E-state index contributed by atoms with van der Waals surface area (Å²) in [5.74, 6) is 0. The van der Waals surface area contributed by atoms with Gasteiger partial charge in [-0.2, -0.15) is 0 Å². The monoisotopic (exact) mass is 196 g/mol. The molecule has 1 aliphatic rings. The maximum absolute atomic E-state index is 10.1. The summed E-state index contributed by atoms with van der Waals surface area (Å²) in [4.78, 5) is 0. The topological polar surface area (TPSA) is 20.2 Å². The van der Waals surface area contributed by atoms with Gasteiger partial charge in [-0.25, -0.2) is 0 Å². The predicted octanol–water partition coefficient (Wildman–Crippen LogP) is 3.02. The second-order valence-electron chi connectivity index (χ2n) is 3.80. The van der Waals surface area contributed by atoms with E-state index in [1.54, 1.807) is 0 Å². The minimum Gasteiger partial charge on any atom is -0.385 e. The highest BCUT2D eigenvalue weighted by molar-refractivity contribution is 6.31. The van der Waals surface area contributed by atoms with Gasteiger partial charge in [0.1, 0.15) is 0 Å². The van der Waals surface area contributed by atoms with E-state index in [9.17, 15) is 5.11 Å². The lowest BCUT2D eigenvalue weighted by Crippen LogP contribution is -2.34. The Bertz CT molecular complexity index is 329. The normalized spacial score (nSPS) is 19.6. The molecule has 0 aliphatic heterocycles. The molecule has 1 N–H and O–H groups in total. The zero-order chi connectivity index (χ0) is 9.47. The SMILES string of the molecule is Cc1c(Cl)cccc1C1(O)CCC1. The molecule has 1 fully saturated rings. The van der Waals surface area contributed by atoms with Gasteiger partial charge in [-0.1, -0.05) is 23.7 Å². The van der Waals surface area contributed by atoms with Gasteiger partial charge in [0.15, 0.2) is 0 Å². The first-order valence-electron chi connectivity index (χ1n) is 4.61. The highest BCUT2D eigenvalue weighted by atomic mass is 35.5. The van der Waals surface area contributed by atoms with E-state index < -0.39 is 5.60 Å². The molecule has 1 aliphatic carbocycles. The molecule has 1 nitrogen and oxygen atoms in total. The molecule has 0 unspecified atom stereocenters. The van der Waals surface area contributed by atoms with Gasteiger partial charge < -0.3 is 5.11 Å². The Balaban J connectivity index is 2.45. The van der Waals surface area contributed by atoms with E-state index >= 15 is 0 Å². The van der Waals surface area contributed by atoms with E-state index in [4.69, 9.17) is 11.6 Å². The van der Waals surface area contributed by atoms with Crippen LogP contribution in [0.5, 0.6) is 0 Å². The van der Waals surface area contributed by atoms with Crippen LogP contribution in [0.4, 0.5) is 0 Å². The number of benzene rings is 1. The third-order valence-electron chi connectivity index (χ3n) is 2.95. The van der Waals surface area contributed by atoms with Crippen LogP contribution in [-0.2, 0) is 5.60 Å². The maximum Gasteiger partial charge on any atom is 0.0899 e. The summed E-state index contributed by atoms with van der Waals surface area (Å²) < 4.78 is 0. The first kappa shape index (κ1) is 9.04. The van der Waals surface area contributed by atoms with Crippen molar-refractivity contribution in [2.45, 2.75) is 31.8 Å². The molecule has 0 spiro atoms. The Labute approximate surface area is 83.3 Å². The molecular weight excluding hydrogens is 184 g/mol. The Morgan fingerprint density at radius 3 is 2.62 bits per heavy atom. The molecule has 13 heavy (non-hydrogen) atoms. The maximum atomic E-state index is 10.1. The fourth-order valence-corrected chi connectivity index (χ4v) is 2.07. The molecule has 1 saturated carbocycles. The number of hydrogen-bond acceptors (Lipinski definition) is 1. The lowest BCUT2D eigenvalue weighted by atomic mass is 9.74. The zero-order valence-corrected chi connectivity index (χ0v) is 8.43. The molecule has 2 heteroatoms. The molecule has 70 valence electrons. The van der Waals surface area contributed by atoms with Crippen LogP contribution in [0.2, 0.25) is 5.02 Å². The highest BCUT2D eigenvalue weighted by Gasteiger charge is 2.37. The molecule has 0 saturated heterocycles. The Kier molecular flexibility index (Phi) is 2.09. The van der Waals surface area contributed by atoms with Crippen LogP contribution in [0.3, 0.4) is 0 Å². The van der Waals surface area contributed by atoms with E-state index in [1.807, 2.05) is 25.1 Å². The standard InChI is InChI=1S/C11H13ClO/c1-8-9(4-2-5-10(8)12)11(13)6-3-7-11/h2,4-5,13H,3,6-7H2,1H3. The van der Waals surface area contributed by atoms with Crippen LogP contribution in [0, 0.1) is 6.92 Å².